The van der Waals surface area contributed by atoms with Gasteiger partial charge in [-0.15, -0.1) is 0 Å². The molecule has 11 nitrogen and oxygen atoms in total. The second-order valence-electron chi connectivity index (χ2n) is 15.2. The number of likely N-dealkylation sites (tertiary alicyclic amines) is 1. The molecule has 2 N–H and O–H groups in total. The van der Waals surface area contributed by atoms with Crippen molar-refractivity contribution in [3.05, 3.63) is 57.1 Å². The van der Waals surface area contributed by atoms with Crippen molar-refractivity contribution in [2.75, 3.05) is 33.1 Å². The molecule has 1 aliphatic heterocycles. The zero-order chi connectivity index (χ0) is 33.9. The van der Waals surface area contributed by atoms with Gasteiger partial charge >= 0.3 is 0 Å². The molecule has 5 rings (SSSR count). The quantitative estimate of drug-likeness (QED) is 0.100. The molecule has 2 atom stereocenters. The molecule has 2 aromatic heterocycles. The number of nitrogens with one attached hydrogen (secondary N) is 1. The van der Waals surface area contributed by atoms with Gasteiger partial charge in [-0.3, -0.25) is 28.8 Å². The van der Waals surface area contributed by atoms with Crippen molar-refractivity contribution < 1.29 is 19.3 Å². The molecule has 1 aliphatic rings. The third-order valence-corrected chi connectivity index (χ3v) is 12.2. The number of rotatable bonds is 15. The lowest BCUT2D eigenvalue weighted by atomic mass is 10.1. The number of β-amino-alcohol motifs (C(OH)–C–C–N with tert-alkyl or cyclic N) is 1. The molecular weight excluding hydrogens is 631 g/mol. The maximum Gasteiger partial charge on any atom is 0.279 e. The molecule has 3 heterocycles. The first kappa shape index (κ1) is 35.2. The van der Waals surface area contributed by atoms with Crippen molar-refractivity contribution >= 4 is 38.1 Å². The summed E-state index contributed by atoms with van der Waals surface area (Å²) in [6.07, 6.45) is 0.381. The zero-order valence-electron chi connectivity index (χ0n) is 29.0. The van der Waals surface area contributed by atoms with Crippen LogP contribution >= 0.6 is 0 Å². The Balaban J connectivity index is 1.52. The highest BCUT2D eigenvalue weighted by molar-refractivity contribution is 6.76. The van der Waals surface area contributed by atoms with Crippen LogP contribution < -0.4 is 15.9 Å². The summed E-state index contributed by atoms with van der Waals surface area (Å²) in [7, 11) is -2.58. The number of aliphatic hydroxyl groups excluding tert-OH is 1. The smallest absolute Gasteiger partial charge is 0.279 e. The van der Waals surface area contributed by atoms with Crippen molar-refractivity contribution in [2.45, 2.75) is 90.1 Å². The van der Waals surface area contributed by atoms with Crippen LogP contribution in [0.4, 0.5) is 0 Å². The lowest BCUT2D eigenvalue weighted by molar-refractivity contribution is 0.0228. The highest BCUT2D eigenvalue weighted by atomic mass is 28.3. The highest BCUT2D eigenvalue weighted by Crippen LogP contribution is 2.28. The number of ether oxygens (including phenoxy) is 3. The zero-order valence-corrected chi connectivity index (χ0v) is 31.0. The molecule has 256 valence electrons. The van der Waals surface area contributed by atoms with E-state index >= 15 is 0 Å². The van der Waals surface area contributed by atoms with Gasteiger partial charge in [0.1, 0.15) is 23.7 Å². The van der Waals surface area contributed by atoms with Gasteiger partial charge in [-0.05, 0) is 43.6 Å². The number of fused-ring (bicyclic) bond motifs is 2. The van der Waals surface area contributed by atoms with Crippen LogP contribution in [-0.2, 0) is 22.7 Å². The predicted molar refractivity (Wildman–Crippen MR) is 193 cm³/mol. The standard InChI is InChI=1S/C34H51N5O6Si2/c1-24-20-25(40)21-37(24)14-15-39-33(41)27-11-8-10-26(30(27)36-39)31-34(42)38(22-43-16-18-46(2,3)4)28-12-9-13-29(32(28)35-31)45-23-44-17-19-47(5,6)7/h8-13,24-25,36,40H,14-23H2,1-7H3/t24-,25-/m1/s1. The molecule has 13 heteroatoms. The Labute approximate surface area is 278 Å². The minimum Gasteiger partial charge on any atom is -0.465 e. The molecule has 0 aliphatic carbocycles. The number of aromatic nitrogens is 4. The van der Waals surface area contributed by atoms with E-state index in [0.717, 1.165) is 18.5 Å². The van der Waals surface area contributed by atoms with E-state index in [1.54, 1.807) is 21.4 Å². The fraction of sp³-hybridized carbons (Fsp3) is 0.559. The Bertz CT molecular complexity index is 1810. The maximum absolute atomic E-state index is 14.2. The lowest BCUT2D eigenvalue weighted by Crippen LogP contribution is -2.33. The van der Waals surface area contributed by atoms with Gasteiger partial charge in [0.2, 0.25) is 0 Å². The largest absolute Gasteiger partial charge is 0.465 e. The second-order valence-corrected chi connectivity index (χ2v) is 26.4. The number of hydrogen-bond acceptors (Lipinski definition) is 8. The second kappa shape index (κ2) is 14.6. The fourth-order valence-electron chi connectivity index (χ4n) is 5.88. The first-order chi connectivity index (χ1) is 22.2. The molecule has 4 aromatic rings. The van der Waals surface area contributed by atoms with Gasteiger partial charge in [0, 0.05) is 54.1 Å². The molecule has 0 unspecified atom stereocenters. The first-order valence-electron chi connectivity index (χ1n) is 16.7. The van der Waals surface area contributed by atoms with Crippen LogP contribution in [-0.4, -0.2) is 90.7 Å². The van der Waals surface area contributed by atoms with Crippen LogP contribution in [0.1, 0.15) is 13.3 Å². The van der Waals surface area contributed by atoms with Crippen molar-refractivity contribution in [3.8, 4) is 17.0 Å². The summed E-state index contributed by atoms with van der Waals surface area (Å²) in [6.45, 7) is 18.8. The fourth-order valence-corrected chi connectivity index (χ4v) is 7.39. The molecule has 0 radical (unpaired) electrons. The number of aromatic amines is 1. The maximum atomic E-state index is 14.2. The monoisotopic (exact) mass is 681 g/mol. The Morgan fingerprint density at radius 1 is 0.936 bits per heavy atom. The van der Waals surface area contributed by atoms with E-state index in [1.165, 1.54) is 0 Å². The minimum atomic E-state index is -1.33. The lowest BCUT2D eigenvalue weighted by Gasteiger charge is -2.20. The van der Waals surface area contributed by atoms with Gasteiger partial charge in [0.05, 0.1) is 29.1 Å². The number of hydrogen-bond donors (Lipinski definition) is 2. The number of H-pyrrole nitrogens is 1. The highest BCUT2D eigenvalue weighted by Gasteiger charge is 2.27. The minimum absolute atomic E-state index is 0.0683. The van der Waals surface area contributed by atoms with Gasteiger partial charge in [0.25, 0.3) is 11.1 Å². The van der Waals surface area contributed by atoms with Gasteiger partial charge < -0.3 is 19.3 Å². The average molecular weight is 682 g/mol. The van der Waals surface area contributed by atoms with E-state index in [-0.39, 0.29) is 42.5 Å². The summed E-state index contributed by atoms with van der Waals surface area (Å²) in [5.74, 6) is 0.507. The average Bonchev–Trinajstić information content (AvgIpc) is 3.50. The van der Waals surface area contributed by atoms with E-state index in [4.69, 9.17) is 19.2 Å². The number of benzene rings is 2. The molecule has 1 fully saturated rings. The summed E-state index contributed by atoms with van der Waals surface area (Å²) in [5, 5.41) is 13.8. The Hall–Kier alpha value is -3.08. The van der Waals surface area contributed by atoms with E-state index < -0.39 is 16.1 Å². The SMILES string of the molecule is C[C@@H]1C[C@@H](O)CN1CCn1[nH]c2c(-c3nc4c(OCOCC[Si](C)(C)C)cccc4n(COCC[Si](C)(C)C)c3=O)cccc2c1=O. The summed E-state index contributed by atoms with van der Waals surface area (Å²) < 4.78 is 21.2. The summed E-state index contributed by atoms with van der Waals surface area (Å²) in [6, 6.07) is 13.1. The summed E-state index contributed by atoms with van der Waals surface area (Å²) in [4.78, 5) is 34.8. The van der Waals surface area contributed by atoms with Crippen LogP contribution in [0.2, 0.25) is 51.4 Å². The van der Waals surface area contributed by atoms with Gasteiger partial charge in [0.15, 0.2) is 6.79 Å². The molecule has 1 saturated heterocycles. The van der Waals surface area contributed by atoms with Crippen LogP contribution in [0, 0.1) is 0 Å². The van der Waals surface area contributed by atoms with Crippen molar-refractivity contribution in [2.24, 2.45) is 0 Å². The van der Waals surface area contributed by atoms with Gasteiger partial charge in [-0.1, -0.05) is 57.5 Å². The Morgan fingerprint density at radius 2 is 1.64 bits per heavy atom. The van der Waals surface area contributed by atoms with Crippen molar-refractivity contribution in [3.63, 3.8) is 0 Å². The first-order valence-corrected chi connectivity index (χ1v) is 24.1. The number of aliphatic hydroxyl groups is 1. The van der Waals surface area contributed by atoms with Crippen LogP contribution in [0.15, 0.2) is 46.0 Å². The molecule has 47 heavy (non-hydrogen) atoms. The Kier molecular flexibility index (Phi) is 10.9. The van der Waals surface area contributed by atoms with Crippen LogP contribution in [0.25, 0.3) is 33.2 Å². The molecule has 0 amide bonds. The number of nitrogens with zero attached hydrogens (tertiary/aromatic N) is 4. The van der Waals surface area contributed by atoms with Crippen molar-refractivity contribution in [1.29, 1.82) is 0 Å². The third kappa shape index (κ3) is 8.70. The summed E-state index contributed by atoms with van der Waals surface area (Å²) >= 11 is 0. The molecule has 0 saturated carbocycles. The van der Waals surface area contributed by atoms with E-state index in [0.29, 0.717) is 66.1 Å². The van der Waals surface area contributed by atoms with Crippen LogP contribution in [0.5, 0.6) is 5.75 Å². The number of para-hydroxylation sites is 2. The normalized spacial score (nSPS) is 17.7. The van der Waals surface area contributed by atoms with Crippen LogP contribution in [0.3, 0.4) is 0 Å². The van der Waals surface area contributed by atoms with E-state index in [2.05, 4.69) is 56.2 Å². The van der Waals surface area contributed by atoms with E-state index in [9.17, 15) is 14.7 Å². The summed E-state index contributed by atoms with van der Waals surface area (Å²) in [5.41, 5.74) is 1.94. The Morgan fingerprint density at radius 3 is 2.32 bits per heavy atom. The van der Waals surface area contributed by atoms with Gasteiger partial charge in [-0.25, -0.2) is 4.98 Å². The molecular formula is C34H51N5O6Si2. The predicted octanol–water partition coefficient (Wildman–Crippen LogP) is 5.17. The van der Waals surface area contributed by atoms with Gasteiger partial charge in [-0.2, -0.15) is 0 Å². The molecule has 0 bridgehead atoms. The molecule has 2 aromatic carbocycles. The van der Waals surface area contributed by atoms with E-state index in [1.807, 2.05) is 24.3 Å². The van der Waals surface area contributed by atoms with Crippen molar-refractivity contribution in [1.82, 2.24) is 24.2 Å². The molecule has 0 spiro atoms. The third-order valence-electron chi connectivity index (χ3n) is 8.79. The topological polar surface area (TPSA) is 124 Å².